The van der Waals surface area contributed by atoms with Crippen LogP contribution in [0.1, 0.15) is 19.0 Å². The lowest BCUT2D eigenvalue weighted by molar-refractivity contribution is -0.141. The first-order valence-corrected chi connectivity index (χ1v) is 10.1. The smallest absolute Gasteiger partial charge is 0.355 e. The minimum absolute atomic E-state index is 0.0928. The Morgan fingerprint density at radius 1 is 1.23 bits per heavy atom. The summed E-state index contributed by atoms with van der Waals surface area (Å²) in [6.45, 7) is 2.77. The molecule has 0 fully saturated rings. The van der Waals surface area contributed by atoms with E-state index in [1.54, 1.807) is 49.8 Å². The van der Waals surface area contributed by atoms with Crippen LogP contribution in [0.2, 0.25) is 0 Å². The van der Waals surface area contributed by atoms with Gasteiger partial charge < -0.3 is 9.88 Å². The summed E-state index contributed by atoms with van der Waals surface area (Å²) in [5.41, 5.74) is -0.330. The quantitative estimate of drug-likeness (QED) is 0.328. The standard InChI is InChI=1S/C20H20F3N5OS/c1-14(18(29)25-8-5-10-28-11-9-24-13-28)30-19-26-16(15-6-3-2-4-7-15)12-17(27-19)20(21,22)23/h2-4,6-7,9,11-14H,5,8,10H2,1H3,(H,25,29)/t14-/m1/s1. The van der Waals surface area contributed by atoms with E-state index in [2.05, 4.69) is 20.3 Å². The maximum Gasteiger partial charge on any atom is 0.433 e. The summed E-state index contributed by atoms with van der Waals surface area (Å²) in [5.74, 6) is -0.284. The highest BCUT2D eigenvalue weighted by molar-refractivity contribution is 8.00. The number of aryl methyl sites for hydroxylation is 1. The number of nitrogens with one attached hydrogen (secondary N) is 1. The van der Waals surface area contributed by atoms with Crippen LogP contribution in [-0.4, -0.2) is 37.2 Å². The van der Waals surface area contributed by atoms with Crippen LogP contribution in [0.4, 0.5) is 13.2 Å². The van der Waals surface area contributed by atoms with Crippen molar-refractivity contribution in [3.63, 3.8) is 0 Å². The molecule has 3 rings (SSSR count). The van der Waals surface area contributed by atoms with Crippen LogP contribution in [0, 0.1) is 0 Å². The average Bonchev–Trinajstić information content (AvgIpc) is 3.24. The molecule has 1 amide bonds. The van der Waals surface area contributed by atoms with Gasteiger partial charge in [0.05, 0.1) is 17.3 Å². The fourth-order valence-electron chi connectivity index (χ4n) is 2.63. The lowest BCUT2D eigenvalue weighted by atomic mass is 10.1. The molecular weight excluding hydrogens is 415 g/mol. The second-order valence-corrected chi connectivity index (χ2v) is 7.80. The number of amides is 1. The molecule has 0 aliphatic rings. The van der Waals surface area contributed by atoms with Gasteiger partial charge >= 0.3 is 6.18 Å². The molecule has 0 radical (unpaired) electrons. The third-order valence-corrected chi connectivity index (χ3v) is 5.13. The number of aromatic nitrogens is 4. The number of hydrogen-bond acceptors (Lipinski definition) is 5. The summed E-state index contributed by atoms with van der Waals surface area (Å²) in [5, 5.41) is 2.04. The van der Waals surface area contributed by atoms with Gasteiger partial charge in [-0.3, -0.25) is 4.79 Å². The zero-order valence-electron chi connectivity index (χ0n) is 16.1. The predicted molar refractivity (Wildman–Crippen MR) is 108 cm³/mol. The topological polar surface area (TPSA) is 72.7 Å². The van der Waals surface area contributed by atoms with Crippen LogP contribution in [0.5, 0.6) is 0 Å². The molecule has 10 heteroatoms. The van der Waals surface area contributed by atoms with Gasteiger partial charge in [0, 0.05) is 31.0 Å². The van der Waals surface area contributed by atoms with Crippen LogP contribution in [-0.2, 0) is 17.5 Å². The van der Waals surface area contributed by atoms with Crippen molar-refractivity contribution in [1.82, 2.24) is 24.8 Å². The van der Waals surface area contributed by atoms with Gasteiger partial charge in [0.2, 0.25) is 5.91 Å². The lowest BCUT2D eigenvalue weighted by Crippen LogP contribution is -2.32. The number of halogens is 3. The number of nitrogens with zero attached hydrogens (tertiary/aromatic N) is 4. The number of carbonyl (C=O) groups excluding carboxylic acids is 1. The molecule has 0 bridgehead atoms. The Kier molecular flexibility index (Phi) is 7.09. The Morgan fingerprint density at radius 2 is 2.00 bits per heavy atom. The molecule has 2 heterocycles. The Bertz CT molecular complexity index is 964. The van der Waals surface area contributed by atoms with E-state index < -0.39 is 17.1 Å². The summed E-state index contributed by atoms with van der Waals surface area (Å²) in [7, 11) is 0. The number of rotatable bonds is 8. The number of carbonyl (C=O) groups is 1. The Morgan fingerprint density at radius 3 is 2.67 bits per heavy atom. The second kappa shape index (κ2) is 9.75. The number of alkyl halides is 3. The van der Waals surface area contributed by atoms with Gasteiger partial charge in [0.1, 0.15) is 5.69 Å². The zero-order valence-corrected chi connectivity index (χ0v) is 17.0. The van der Waals surface area contributed by atoms with E-state index in [0.717, 1.165) is 17.8 Å². The number of benzene rings is 1. The summed E-state index contributed by atoms with van der Waals surface area (Å²) >= 11 is 0.897. The van der Waals surface area contributed by atoms with E-state index in [1.807, 2.05) is 10.8 Å². The zero-order chi connectivity index (χ0) is 21.6. The van der Waals surface area contributed by atoms with Crippen molar-refractivity contribution >= 4 is 17.7 Å². The molecule has 0 spiro atoms. The van der Waals surface area contributed by atoms with E-state index in [-0.39, 0.29) is 16.8 Å². The van der Waals surface area contributed by atoms with Crippen molar-refractivity contribution in [3.8, 4) is 11.3 Å². The Hall–Kier alpha value is -2.88. The highest BCUT2D eigenvalue weighted by Crippen LogP contribution is 2.32. The molecule has 0 saturated carbocycles. The first kappa shape index (κ1) is 21.8. The molecule has 158 valence electrons. The molecule has 1 atom stereocenters. The van der Waals surface area contributed by atoms with Crippen molar-refractivity contribution in [2.45, 2.75) is 36.5 Å². The molecule has 1 aromatic carbocycles. The fraction of sp³-hybridized carbons (Fsp3) is 0.300. The molecule has 0 aliphatic heterocycles. The van der Waals surface area contributed by atoms with Crippen molar-refractivity contribution in [3.05, 3.63) is 60.8 Å². The second-order valence-electron chi connectivity index (χ2n) is 6.49. The number of thioether (sulfide) groups is 1. The van der Waals surface area contributed by atoms with Crippen LogP contribution in [0.25, 0.3) is 11.3 Å². The average molecular weight is 435 g/mol. The van der Waals surface area contributed by atoms with Gasteiger partial charge in [-0.05, 0) is 19.4 Å². The van der Waals surface area contributed by atoms with E-state index in [1.165, 1.54) is 0 Å². The largest absolute Gasteiger partial charge is 0.433 e. The number of imidazole rings is 1. The first-order valence-electron chi connectivity index (χ1n) is 9.25. The Labute approximate surface area is 176 Å². The monoisotopic (exact) mass is 435 g/mol. The molecular formula is C20H20F3N5OS. The molecule has 1 N–H and O–H groups in total. The van der Waals surface area contributed by atoms with Gasteiger partial charge in [0.15, 0.2) is 5.16 Å². The summed E-state index contributed by atoms with van der Waals surface area (Å²) in [4.78, 5) is 24.1. The molecule has 3 aromatic rings. The van der Waals surface area contributed by atoms with Gasteiger partial charge in [-0.1, -0.05) is 42.1 Å². The normalized spacial score (nSPS) is 12.5. The van der Waals surface area contributed by atoms with Crippen LogP contribution >= 0.6 is 11.8 Å². The highest BCUT2D eigenvalue weighted by atomic mass is 32.2. The molecule has 0 aliphatic carbocycles. The van der Waals surface area contributed by atoms with Crippen molar-refractivity contribution in [2.75, 3.05) is 6.54 Å². The van der Waals surface area contributed by atoms with Gasteiger partial charge in [-0.25, -0.2) is 15.0 Å². The fourth-order valence-corrected chi connectivity index (χ4v) is 3.44. The molecule has 6 nitrogen and oxygen atoms in total. The van der Waals surface area contributed by atoms with Gasteiger partial charge in [-0.15, -0.1) is 0 Å². The third-order valence-electron chi connectivity index (χ3n) is 4.17. The molecule has 30 heavy (non-hydrogen) atoms. The molecule has 0 saturated heterocycles. The maximum atomic E-state index is 13.3. The van der Waals surface area contributed by atoms with Crippen molar-refractivity contribution in [2.24, 2.45) is 0 Å². The summed E-state index contributed by atoms with van der Waals surface area (Å²) in [6.07, 6.45) is 1.29. The van der Waals surface area contributed by atoms with E-state index in [0.29, 0.717) is 25.1 Å². The first-order chi connectivity index (χ1) is 14.3. The van der Waals surface area contributed by atoms with E-state index in [4.69, 9.17) is 0 Å². The Balaban J connectivity index is 1.66. The molecule has 2 aromatic heterocycles. The number of hydrogen-bond donors (Lipinski definition) is 1. The highest BCUT2D eigenvalue weighted by Gasteiger charge is 2.34. The van der Waals surface area contributed by atoms with Crippen LogP contribution in [0.15, 0.2) is 60.3 Å². The SMILES string of the molecule is C[C@@H](Sc1nc(-c2ccccc2)cc(C(F)(F)F)n1)C(=O)NCCCn1ccnc1. The van der Waals surface area contributed by atoms with Gasteiger partial charge in [-0.2, -0.15) is 13.2 Å². The van der Waals surface area contributed by atoms with Crippen LogP contribution < -0.4 is 5.32 Å². The van der Waals surface area contributed by atoms with Gasteiger partial charge in [0.25, 0.3) is 0 Å². The summed E-state index contributed by atoms with van der Waals surface area (Å²) in [6, 6.07) is 9.47. The lowest BCUT2D eigenvalue weighted by Gasteiger charge is -2.14. The van der Waals surface area contributed by atoms with E-state index in [9.17, 15) is 18.0 Å². The van der Waals surface area contributed by atoms with E-state index >= 15 is 0 Å². The van der Waals surface area contributed by atoms with Crippen molar-refractivity contribution in [1.29, 1.82) is 0 Å². The maximum absolute atomic E-state index is 13.3. The summed E-state index contributed by atoms with van der Waals surface area (Å²) < 4.78 is 41.8. The third kappa shape index (κ3) is 6.06. The minimum atomic E-state index is -4.61. The molecule has 0 unspecified atom stereocenters. The van der Waals surface area contributed by atoms with Crippen LogP contribution in [0.3, 0.4) is 0 Å². The van der Waals surface area contributed by atoms with Crippen molar-refractivity contribution < 1.29 is 18.0 Å². The minimum Gasteiger partial charge on any atom is -0.355 e. The predicted octanol–water partition coefficient (Wildman–Crippen LogP) is 4.05.